The van der Waals surface area contributed by atoms with Gasteiger partial charge in [0.2, 0.25) is 5.91 Å². The zero-order chi connectivity index (χ0) is 25.3. The second kappa shape index (κ2) is 13.2. The molecular weight excluding hydrogens is 422 g/mol. The van der Waals surface area contributed by atoms with Crippen LogP contribution in [0.3, 0.4) is 0 Å². The van der Waals surface area contributed by atoms with Gasteiger partial charge in [0.25, 0.3) is 0 Å². The Balaban J connectivity index is 0.000000248. The van der Waals surface area contributed by atoms with E-state index >= 15 is 0 Å². The highest BCUT2D eigenvalue weighted by atomic mass is 16.5. The van der Waals surface area contributed by atoms with Gasteiger partial charge in [0.1, 0.15) is 5.75 Å². The average Bonchev–Trinajstić information content (AvgIpc) is 2.81. The van der Waals surface area contributed by atoms with Crippen molar-refractivity contribution < 1.29 is 9.53 Å². The third-order valence-corrected chi connectivity index (χ3v) is 5.94. The summed E-state index contributed by atoms with van der Waals surface area (Å²) in [6.45, 7) is 18.6. The van der Waals surface area contributed by atoms with Gasteiger partial charge in [-0.25, -0.2) is 0 Å². The molecule has 2 aromatic carbocycles. The lowest BCUT2D eigenvalue weighted by Gasteiger charge is -2.30. The van der Waals surface area contributed by atoms with E-state index in [0.717, 1.165) is 43.2 Å². The molecule has 3 rings (SSSR count). The topological polar surface area (TPSA) is 53.6 Å². The molecule has 0 unspecified atom stereocenters. The van der Waals surface area contributed by atoms with Crippen molar-refractivity contribution in [3.63, 3.8) is 0 Å². The van der Waals surface area contributed by atoms with Crippen LogP contribution in [-0.2, 0) is 4.79 Å². The van der Waals surface area contributed by atoms with E-state index in [1.54, 1.807) is 7.11 Å². The molecule has 1 saturated heterocycles. The van der Waals surface area contributed by atoms with Gasteiger partial charge in [-0.15, -0.1) is 0 Å². The van der Waals surface area contributed by atoms with Gasteiger partial charge in [0.15, 0.2) is 0 Å². The first-order valence-electron chi connectivity index (χ1n) is 12.3. The highest BCUT2D eigenvalue weighted by molar-refractivity contribution is 5.93. The largest absolute Gasteiger partial charge is 0.497 e. The number of nitrogens with one attached hydrogen (secondary N) is 2. The summed E-state index contributed by atoms with van der Waals surface area (Å²) in [5, 5.41) is 6.35. The maximum atomic E-state index is 11.8. The standard InChI is InChI=1S/C15H23N3O.C14H20O/c1-11(2)15(19)17-14-10-13(5-4-12(14)3)18-8-6-16-7-9-18;1-10(2)8-12(4)14-9-13(15-5)7-6-11(14)3/h4-5,10-11,16H,6-9H2,1-3H3,(H,17,19);6-10H,1-5H3/b;12-8-. The Morgan fingerprint density at radius 3 is 2.26 bits per heavy atom. The fourth-order valence-electron chi connectivity index (χ4n) is 3.88. The number of piperazine rings is 1. The van der Waals surface area contributed by atoms with Gasteiger partial charge in [-0.05, 0) is 73.2 Å². The minimum absolute atomic E-state index is 0.00208. The molecule has 5 nitrogen and oxygen atoms in total. The molecule has 0 aliphatic carbocycles. The number of benzene rings is 2. The summed E-state index contributed by atoms with van der Waals surface area (Å²) >= 11 is 0. The number of rotatable bonds is 6. The molecule has 0 aromatic heterocycles. The van der Waals surface area contributed by atoms with Crippen molar-refractivity contribution in [3.8, 4) is 5.75 Å². The Kier molecular flexibility index (Phi) is 10.6. The zero-order valence-electron chi connectivity index (χ0n) is 22.3. The van der Waals surface area contributed by atoms with Crippen molar-refractivity contribution in [1.29, 1.82) is 0 Å². The van der Waals surface area contributed by atoms with Crippen molar-refractivity contribution in [2.45, 2.75) is 48.5 Å². The maximum Gasteiger partial charge on any atom is 0.226 e. The van der Waals surface area contributed by atoms with Crippen LogP contribution in [0.15, 0.2) is 42.5 Å². The molecule has 2 aromatic rings. The van der Waals surface area contributed by atoms with Crippen LogP contribution in [0, 0.1) is 25.7 Å². The van der Waals surface area contributed by atoms with Gasteiger partial charge >= 0.3 is 0 Å². The lowest BCUT2D eigenvalue weighted by Crippen LogP contribution is -2.43. The van der Waals surface area contributed by atoms with E-state index in [1.807, 2.05) is 26.8 Å². The number of anilines is 2. The predicted octanol–water partition coefficient (Wildman–Crippen LogP) is 6.06. The smallest absolute Gasteiger partial charge is 0.226 e. The second-order valence-electron chi connectivity index (χ2n) is 9.65. The molecule has 0 radical (unpaired) electrons. The molecule has 1 amide bonds. The number of methoxy groups -OCH3 is 1. The number of hydrogen-bond acceptors (Lipinski definition) is 4. The molecule has 2 N–H and O–H groups in total. The molecule has 34 heavy (non-hydrogen) atoms. The third kappa shape index (κ3) is 8.21. The Hall–Kier alpha value is -2.79. The van der Waals surface area contributed by atoms with Crippen molar-refractivity contribution in [1.82, 2.24) is 5.32 Å². The molecule has 0 saturated carbocycles. The van der Waals surface area contributed by atoms with E-state index in [4.69, 9.17) is 4.74 Å². The summed E-state index contributed by atoms with van der Waals surface area (Å²) in [6, 6.07) is 12.5. The molecule has 5 heteroatoms. The van der Waals surface area contributed by atoms with Crippen molar-refractivity contribution in [2.24, 2.45) is 11.8 Å². The predicted molar refractivity (Wildman–Crippen MR) is 146 cm³/mol. The number of carbonyl (C=O) groups excluding carboxylic acids is 1. The Morgan fingerprint density at radius 2 is 1.68 bits per heavy atom. The first-order chi connectivity index (χ1) is 16.1. The molecular formula is C29H43N3O2. The van der Waals surface area contributed by atoms with Crippen LogP contribution in [-0.4, -0.2) is 39.2 Å². The third-order valence-electron chi connectivity index (χ3n) is 5.94. The summed E-state index contributed by atoms with van der Waals surface area (Å²) in [5.41, 5.74) is 7.11. The Bertz CT molecular complexity index is 973. The normalized spacial score (nSPS) is 14.1. The fourth-order valence-corrected chi connectivity index (χ4v) is 3.88. The van der Waals surface area contributed by atoms with Crippen molar-refractivity contribution in [2.75, 3.05) is 43.5 Å². The van der Waals surface area contributed by atoms with Crippen molar-refractivity contribution in [3.05, 3.63) is 59.2 Å². The average molecular weight is 466 g/mol. The lowest BCUT2D eigenvalue weighted by molar-refractivity contribution is -0.118. The van der Waals surface area contributed by atoms with Gasteiger partial charge in [0, 0.05) is 43.5 Å². The molecule has 1 heterocycles. The number of aryl methyl sites for hydroxylation is 2. The van der Waals surface area contributed by atoms with Crippen LogP contribution in [0.4, 0.5) is 11.4 Å². The maximum absolute atomic E-state index is 11.8. The summed E-state index contributed by atoms with van der Waals surface area (Å²) in [5.74, 6) is 1.57. The summed E-state index contributed by atoms with van der Waals surface area (Å²) < 4.78 is 5.24. The molecule has 1 fully saturated rings. The number of ether oxygens (including phenoxy) is 1. The Labute approximate surface area is 206 Å². The van der Waals surface area contributed by atoms with E-state index in [9.17, 15) is 4.79 Å². The van der Waals surface area contributed by atoms with E-state index in [1.165, 1.54) is 22.4 Å². The molecule has 0 bridgehead atoms. The van der Waals surface area contributed by atoms with Crippen LogP contribution in [0.25, 0.3) is 5.57 Å². The molecule has 186 valence electrons. The number of carbonyl (C=O) groups is 1. The van der Waals surface area contributed by atoms with Gasteiger partial charge in [-0.1, -0.05) is 45.9 Å². The quantitative estimate of drug-likeness (QED) is 0.544. The molecule has 1 aliphatic rings. The Morgan fingerprint density at radius 1 is 1.03 bits per heavy atom. The lowest BCUT2D eigenvalue weighted by atomic mass is 9.98. The molecule has 1 aliphatic heterocycles. The first kappa shape index (κ1) is 27.5. The van der Waals surface area contributed by atoms with Crippen molar-refractivity contribution >= 4 is 22.9 Å². The number of allylic oxidation sites excluding steroid dienone is 2. The fraction of sp³-hybridized carbons (Fsp3) is 0.483. The summed E-state index contributed by atoms with van der Waals surface area (Å²) in [6.07, 6.45) is 2.28. The van der Waals surface area contributed by atoms with Crippen LogP contribution in [0.1, 0.15) is 51.3 Å². The highest BCUT2D eigenvalue weighted by Crippen LogP contribution is 2.25. The number of amides is 1. The minimum Gasteiger partial charge on any atom is -0.497 e. The first-order valence-corrected chi connectivity index (χ1v) is 12.3. The van der Waals surface area contributed by atoms with E-state index in [-0.39, 0.29) is 11.8 Å². The van der Waals surface area contributed by atoms with Crippen LogP contribution >= 0.6 is 0 Å². The van der Waals surface area contributed by atoms with Crippen LogP contribution in [0.2, 0.25) is 0 Å². The second-order valence-corrected chi connectivity index (χ2v) is 9.65. The molecule has 0 atom stereocenters. The number of nitrogens with zero attached hydrogens (tertiary/aromatic N) is 1. The zero-order valence-corrected chi connectivity index (χ0v) is 22.3. The summed E-state index contributed by atoms with van der Waals surface area (Å²) in [7, 11) is 1.70. The van der Waals surface area contributed by atoms with E-state index in [2.05, 4.69) is 79.6 Å². The van der Waals surface area contributed by atoms with Crippen LogP contribution < -0.4 is 20.3 Å². The van der Waals surface area contributed by atoms with E-state index < -0.39 is 0 Å². The van der Waals surface area contributed by atoms with E-state index in [0.29, 0.717) is 5.92 Å². The summed E-state index contributed by atoms with van der Waals surface area (Å²) in [4.78, 5) is 14.2. The van der Waals surface area contributed by atoms with Gasteiger partial charge in [-0.2, -0.15) is 0 Å². The van der Waals surface area contributed by atoms with Gasteiger partial charge in [0.05, 0.1) is 7.11 Å². The van der Waals surface area contributed by atoms with Gasteiger partial charge < -0.3 is 20.3 Å². The van der Waals surface area contributed by atoms with Crippen LogP contribution in [0.5, 0.6) is 5.75 Å². The number of hydrogen-bond donors (Lipinski definition) is 2. The highest BCUT2D eigenvalue weighted by Gasteiger charge is 2.13. The monoisotopic (exact) mass is 465 g/mol. The van der Waals surface area contributed by atoms with Gasteiger partial charge in [-0.3, -0.25) is 4.79 Å². The SMILES string of the molecule is COc1ccc(C)c(/C(C)=C\C(C)C)c1.Cc1ccc(N2CCNCC2)cc1NC(=O)C(C)C. The minimum atomic E-state index is 0.00208. The molecule has 0 spiro atoms.